The van der Waals surface area contributed by atoms with Gasteiger partial charge in [-0.3, -0.25) is 9.59 Å². The molecule has 1 aliphatic heterocycles. The molecule has 3 fully saturated rings. The van der Waals surface area contributed by atoms with Gasteiger partial charge < -0.3 is 24.8 Å². The minimum Gasteiger partial charge on any atom is -0.496 e. The lowest BCUT2D eigenvalue weighted by atomic mass is 9.61. The Morgan fingerprint density at radius 2 is 1.98 bits per heavy atom. The van der Waals surface area contributed by atoms with Gasteiger partial charge in [-0.05, 0) is 74.5 Å². The summed E-state index contributed by atoms with van der Waals surface area (Å²) in [5.74, 6) is -0.361. The van der Waals surface area contributed by atoms with Crippen molar-refractivity contribution in [3.8, 4) is 5.75 Å². The highest BCUT2D eigenvalue weighted by atomic mass is 35.5. The zero-order valence-corrected chi connectivity index (χ0v) is 24.4. The van der Waals surface area contributed by atoms with Gasteiger partial charge in [0.2, 0.25) is 5.91 Å². The maximum atomic E-state index is 13.3. The number of aliphatic hydroxyl groups is 1. The minimum absolute atomic E-state index is 0.0816. The molecule has 216 valence electrons. The summed E-state index contributed by atoms with van der Waals surface area (Å²) in [7, 11) is 1.46. The summed E-state index contributed by atoms with van der Waals surface area (Å²) in [6.07, 6.45) is 8.25. The van der Waals surface area contributed by atoms with E-state index >= 15 is 0 Å². The number of nitrogens with one attached hydrogen (secondary N) is 1. The molecule has 8 nitrogen and oxygen atoms in total. The Kier molecular flexibility index (Phi) is 8.85. The standard InChI is InChI=1S/C30H37ClN2O6S/c1-38-25-16-24(23(31)15-20(25)19-34)32-27(35)8-11-33-12-9-29(10-13-33)17-22(18-29)39-28(36)30(37,21-5-2-3-6-21)26-7-4-14-40-26/h4,7,14-16,19,21-22,37H,2-3,5-6,8-13,17-18H2,1H3,(H,32,35). The molecule has 1 spiro atoms. The third kappa shape index (κ3) is 5.93. The van der Waals surface area contributed by atoms with Crippen molar-refractivity contribution in [2.75, 3.05) is 32.1 Å². The fourth-order valence-corrected chi connectivity index (χ4v) is 7.71. The maximum Gasteiger partial charge on any atom is 0.344 e. The monoisotopic (exact) mass is 588 g/mol. The van der Waals surface area contributed by atoms with Crippen LogP contribution in [-0.4, -0.2) is 61.0 Å². The smallest absolute Gasteiger partial charge is 0.344 e. The highest BCUT2D eigenvalue weighted by Crippen LogP contribution is 2.51. The van der Waals surface area contributed by atoms with E-state index in [1.54, 1.807) is 6.07 Å². The molecule has 0 radical (unpaired) electrons. The first-order valence-electron chi connectivity index (χ1n) is 14.1. The summed E-state index contributed by atoms with van der Waals surface area (Å²) in [5, 5.41) is 16.6. The Balaban J connectivity index is 1.07. The van der Waals surface area contributed by atoms with E-state index in [-0.39, 0.29) is 28.4 Å². The number of amides is 1. The van der Waals surface area contributed by atoms with Crippen LogP contribution in [0.5, 0.6) is 5.75 Å². The summed E-state index contributed by atoms with van der Waals surface area (Å²) in [6.45, 7) is 2.41. The molecular weight excluding hydrogens is 552 g/mol. The maximum absolute atomic E-state index is 13.3. The number of methoxy groups -OCH3 is 1. The number of benzene rings is 1. The molecule has 1 atom stereocenters. The lowest BCUT2D eigenvalue weighted by Gasteiger charge is -2.52. The molecular formula is C30H37ClN2O6S. The number of likely N-dealkylation sites (tertiary alicyclic amines) is 1. The third-order valence-corrected chi connectivity index (χ3v) is 10.3. The van der Waals surface area contributed by atoms with E-state index in [0.29, 0.717) is 41.1 Å². The Bertz CT molecular complexity index is 1220. The third-order valence-electron chi connectivity index (χ3n) is 9.04. The van der Waals surface area contributed by atoms with Crippen molar-refractivity contribution in [3.63, 3.8) is 0 Å². The van der Waals surface area contributed by atoms with Crippen LogP contribution in [0.25, 0.3) is 0 Å². The lowest BCUT2D eigenvalue weighted by Crippen LogP contribution is -2.52. The van der Waals surface area contributed by atoms with Crippen molar-refractivity contribution >= 4 is 46.8 Å². The number of esters is 1. The van der Waals surface area contributed by atoms with Crippen LogP contribution in [0, 0.1) is 11.3 Å². The second-order valence-corrected chi connectivity index (χ2v) is 12.8. The average Bonchev–Trinajstić information content (AvgIpc) is 3.68. The van der Waals surface area contributed by atoms with Gasteiger partial charge in [0.15, 0.2) is 11.9 Å². The first-order valence-corrected chi connectivity index (χ1v) is 15.3. The molecule has 40 heavy (non-hydrogen) atoms. The van der Waals surface area contributed by atoms with E-state index in [1.165, 1.54) is 24.5 Å². The van der Waals surface area contributed by atoms with Gasteiger partial charge in [0.05, 0.1) is 23.4 Å². The molecule has 2 saturated carbocycles. The highest BCUT2D eigenvalue weighted by molar-refractivity contribution is 7.10. The zero-order chi connectivity index (χ0) is 28.3. The summed E-state index contributed by atoms with van der Waals surface area (Å²) in [6, 6.07) is 6.76. The van der Waals surface area contributed by atoms with Crippen molar-refractivity contribution in [1.29, 1.82) is 0 Å². The summed E-state index contributed by atoms with van der Waals surface area (Å²) in [5.41, 5.74) is -0.625. The lowest BCUT2D eigenvalue weighted by molar-refractivity contribution is -0.192. The number of nitrogens with zero attached hydrogens (tertiary/aromatic N) is 1. The van der Waals surface area contributed by atoms with Crippen LogP contribution in [0.2, 0.25) is 5.02 Å². The molecule has 1 aromatic heterocycles. The Hall–Kier alpha value is -2.46. The second kappa shape index (κ2) is 12.2. The quantitative estimate of drug-likeness (QED) is 0.282. The van der Waals surface area contributed by atoms with Crippen LogP contribution in [0.1, 0.15) is 73.0 Å². The number of hydrogen-bond donors (Lipinski definition) is 2. The molecule has 1 saturated heterocycles. The number of thiophene rings is 1. The van der Waals surface area contributed by atoms with Crippen LogP contribution in [-0.2, 0) is 19.9 Å². The van der Waals surface area contributed by atoms with Gasteiger partial charge in [-0.2, -0.15) is 0 Å². The van der Waals surface area contributed by atoms with Crippen LogP contribution in [0.15, 0.2) is 29.6 Å². The predicted octanol–water partition coefficient (Wildman–Crippen LogP) is 5.42. The second-order valence-electron chi connectivity index (χ2n) is 11.5. The number of anilines is 1. The van der Waals surface area contributed by atoms with Gasteiger partial charge in [0.1, 0.15) is 11.9 Å². The Morgan fingerprint density at radius 3 is 2.60 bits per heavy atom. The number of piperidine rings is 1. The topological polar surface area (TPSA) is 105 Å². The summed E-state index contributed by atoms with van der Waals surface area (Å²) >= 11 is 7.65. The number of halogens is 1. The largest absolute Gasteiger partial charge is 0.496 e. The van der Waals surface area contributed by atoms with Crippen LogP contribution < -0.4 is 10.1 Å². The number of carbonyl (C=O) groups excluding carboxylic acids is 3. The molecule has 1 aromatic carbocycles. The molecule has 2 aromatic rings. The SMILES string of the molecule is COc1cc(NC(=O)CCN2CCC3(CC2)CC(OC(=O)C(O)(c2cccs2)C2CCCC2)C3)c(Cl)cc1C=O. The van der Waals surface area contributed by atoms with Gasteiger partial charge >= 0.3 is 5.97 Å². The number of ether oxygens (including phenoxy) is 2. The van der Waals surface area contributed by atoms with E-state index < -0.39 is 11.6 Å². The molecule has 5 rings (SSSR count). The van der Waals surface area contributed by atoms with Crippen LogP contribution in [0.4, 0.5) is 5.69 Å². The van der Waals surface area contributed by atoms with E-state index in [4.69, 9.17) is 21.1 Å². The number of hydrogen-bond acceptors (Lipinski definition) is 8. The van der Waals surface area contributed by atoms with Crippen LogP contribution >= 0.6 is 22.9 Å². The first-order chi connectivity index (χ1) is 19.3. The van der Waals surface area contributed by atoms with E-state index in [0.717, 1.165) is 64.5 Å². The van der Waals surface area contributed by atoms with Gasteiger partial charge in [0, 0.05) is 29.8 Å². The summed E-state index contributed by atoms with van der Waals surface area (Å²) < 4.78 is 11.1. The fourth-order valence-electron chi connectivity index (χ4n) is 6.60. The van der Waals surface area contributed by atoms with Gasteiger partial charge in [-0.15, -0.1) is 11.3 Å². The van der Waals surface area contributed by atoms with Crippen molar-refractivity contribution < 1.29 is 29.0 Å². The molecule has 10 heteroatoms. The predicted molar refractivity (Wildman–Crippen MR) is 154 cm³/mol. The molecule has 0 bridgehead atoms. The average molecular weight is 589 g/mol. The molecule has 2 aliphatic carbocycles. The van der Waals surface area contributed by atoms with Crippen molar-refractivity contribution in [2.24, 2.45) is 11.3 Å². The fraction of sp³-hybridized carbons (Fsp3) is 0.567. The van der Waals surface area contributed by atoms with Crippen molar-refractivity contribution in [2.45, 2.75) is 69.5 Å². The Morgan fingerprint density at radius 1 is 1.25 bits per heavy atom. The summed E-state index contributed by atoms with van der Waals surface area (Å²) in [4.78, 5) is 40.0. The zero-order valence-electron chi connectivity index (χ0n) is 22.8. The highest BCUT2D eigenvalue weighted by Gasteiger charge is 2.53. The number of aldehydes is 1. The van der Waals surface area contributed by atoms with Crippen molar-refractivity contribution in [1.82, 2.24) is 4.90 Å². The van der Waals surface area contributed by atoms with Gasteiger partial charge in [-0.25, -0.2) is 4.79 Å². The molecule has 2 heterocycles. The van der Waals surface area contributed by atoms with Gasteiger partial charge in [-0.1, -0.05) is 30.5 Å². The van der Waals surface area contributed by atoms with E-state index in [1.807, 2.05) is 17.5 Å². The van der Waals surface area contributed by atoms with Gasteiger partial charge in [0.25, 0.3) is 0 Å². The first kappa shape index (κ1) is 29.0. The number of rotatable bonds is 10. The molecule has 2 N–H and O–H groups in total. The molecule has 1 amide bonds. The normalized spacial score (nSPS) is 21.0. The Labute approximate surface area is 244 Å². The number of carbonyl (C=O) groups is 3. The van der Waals surface area contributed by atoms with Crippen molar-refractivity contribution in [3.05, 3.63) is 45.1 Å². The van der Waals surface area contributed by atoms with E-state index in [2.05, 4.69) is 10.2 Å². The molecule has 1 unspecified atom stereocenters. The molecule has 3 aliphatic rings. The minimum atomic E-state index is -1.54. The van der Waals surface area contributed by atoms with E-state index in [9.17, 15) is 19.5 Å². The van der Waals surface area contributed by atoms with Crippen LogP contribution in [0.3, 0.4) is 0 Å².